The summed E-state index contributed by atoms with van der Waals surface area (Å²) in [6.07, 6.45) is 0.969. The number of aromatic nitrogens is 2. The molecular formula is C24H30N6O. The second kappa shape index (κ2) is 10.4. The van der Waals surface area contributed by atoms with Crippen LogP contribution in [-0.4, -0.2) is 29.1 Å². The molecule has 1 heterocycles. The van der Waals surface area contributed by atoms with Gasteiger partial charge in [0.1, 0.15) is 5.82 Å². The average molecular weight is 419 g/mol. The van der Waals surface area contributed by atoms with E-state index >= 15 is 0 Å². The number of urea groups is 1. The molecule has 0 aliphatic carbocycles. The van der Waals surface area contributed by atoms with Gasteiger partial charge in [-0.3, -0.25) is 0 Å². The zero-order valence-corrected chi connectivity index (χ0v) is 18.6. The Kier molecular flexibility index (Phi) is 7.43. The van der Waals surface area contributed by atoms with E-state index in [4.69, 9.17) is 0 Å². The van der Waals surface area contributed by atoms with Gasteiger partial charge in [0.15, 0.2) is 0 Å². The van der Waals surface area contributed by atoms with E-state index in [-0.39, 0.29) is 6.03 Å². The normalized spacial score (nSPS) is 10.5. The lowest BCUT2D eigenvalue weighted by Crippen LogP contribution is -2.23. The molecule has 31 heavy (non-hydrogen) atoms. The van der Waals surface area contributed by atoms with Crippen LogP contribution in [0.15, 0.2) is 54.6 Å². The van der Waals surface area contributed by atoms with Gasteiger partial charge in [0, 0.05) is 41.9 Å². The average Bonchev–Trinajstić information content (AvgIpc) is 2.76. The maximum absolute atomic E-state index is 12.2. The van der Waals surface area contributed by atoms with Crippen molar-refractivity contribution in [1.82, 2.24) is 9.97 Å². The number of carbonyl (C=O) groups is 1. The molecule has 162 valence electrons. The molecule has 3 N–H and O–H groups in total. The number of hydrogen-bond donors (Lipinski definition) is 3. The first-order valence-corrected chi connectivity index (χ1v) is 10.6. The van der Waals surface area contributed by atoms with Gasteiger partial charge >= 0.3 is 6.03 Å². The summed E-state index contributed by atoms with van der Waals surface area (Å²) in [4.78, 5) is 23.5. The van der Waals surface area contributed by atoms with E-state index in [1.54, 1.807) is 0 Å². The Bertz CT molecular complexity index is 998. The second-order valence-electron chi connectivity index (χ2n) is 7.20. The Hall–Kier alpha value is -3.61. The fourth-order valence-electron chi connectivity index (χ4n) is 3.20. The van der Waals surface area contributed by atoms with E-state index in [0.29, 0.717) is 11.6 Å². The van der Waals surface area contributed by atoms with Gasteiger partial charge in [-0.1, -0.05) is 19.1 Å². The Balaban J connectivity index is 1.61. The van der Waals surface area contributed by atoms with Gasteiger partial charge in [-0.2, -0.15) is 4.98 Å². The number of rotatable bonds is 8. The molecule has 2 aromatic carbocycles. The van der Waals surface area contributed by atoms with Crippen molar-refractivity contribution in [2.45, 2.75) is 34.1 Å². The largest absolute Gasteiger partial charge is 0.357 e. The summed E-state index contributed by atoms with van der Waals surface area (Å²) in [7, 11) is 0. The highest BCUT2D eigenvalue weighted by Gasteiger charge is 2.08. The van der Waals surface area contributed by atoms with Crippen LogP contribution in [0.3, 0.4) is 0 Å². The fraction of sp³-hybridized carbons (Fsp3) is 0.292. The molecule has 2 amide bonds. The third kappa shape index (κ3) is 6.18. The number of aryl methyl sites for hydroxylation is 2. The summed E-state index contributed by atoms with van der Waals surface area (Å²) in [5.41, 5.74) is 4.44. The predicted molar refractivity (Wildman–Crippen MR) is 129 cm³/mol. The smallest absolute Gasteiger partial charge is 0.323 e. The summed E-state index contributed by atoms with van der Waals surface area (Å²) in [6.45, 7) is 10.0. The first kappa shape index (κ1) is 22.1. The van der Waals surface area contributed by atoms with Gasteiger partial charge in [0.25, 0.3) is 0 Å². The lowest BCUT2D eigenvalue weighted by Gasteiger charge is -2.20. The lowest BCUT2D eigenvalue weighted by molar-refractivity contribution is 0.262. The van der Waals surface area contributed by atoms with Gasteiger partial charge < -0.3 is 20.9 Å². The fourth-order valence-corrected chi connectivity index (χ4v) is 3.20. The van der Waals surface area contributed by atoms with Crippen molar-refractivity contribution in [3.8, 4) is 0 Å². The molecule has 0 saturated heterocycles. The predicted octanol–water partition coefficient (Wildman–Crippen LogP) is 5.58. The minimum Gasteiger partial charge on any atom is -0.357 e. The molecule has 7 nitrogen and oxygen atoms in total. The van der Waals surface area contributed by atoms with E-state index in [9.17, 15) is 4.79 Å². The van der Waals surface area contributed by atoms with E-state index < -0.39 is 0 Å². The first-order valence-electron chi connectivity index (χ1n) is 10.6. The van der Waals surface area contributed by atoms with Crippen molar-refractivity contribution < 1.29 is 4.79 Å². The zero-order valence-electron chi connectivity index (χ0n) is 18.6. The highest BCUT2D eigenvalue weighted by molar-refractivity contribution is 5.99. The summed E-state index contributed by atoms with van der Waals surface area (Å²) in [5, 5.41) is 8.92. The highest BCUT2D eigenvalue weighted by atomic mass is 16.2. The molecule has 0 unspecified atom stereocenters. The van der Waals surface area contributed by atoms with Crippen LogP contribution in [-0.2, 0) is 6.42 Å². The molecule has 0 spiro atoms. The van der Waals surface area contributed by atoms with Gasteiger partial charge in [0.2, 0.25) is 5.95 Å². The molecule has 0 saturated carbocycles. The molecule has 0 bridgehead atoms. The minimum atomic E-state index is -0.282. The van der Waals surface area contributed by atoms with E-state index in [1.165, 1.54) is 5.56 Å². The van der Waals surface area contributed by atoms with Crippen molar-refractivity contribution in [3.05, 3.63) is 65.9 Å². The number of anilines is 5. The van der Waals surface area contributed by atoms with E-state index in [2.05, 4.69) is 51.6 Å². The Morgan fingerprint density at radius 1 is 0.839 bits per heavy atom. The summed E-state index contributed by atoms with van der Waals surface area (Å²) in [6, 6.07) is 17.0. The molecule has 1 aromatic heterocycles. The molecule has 7 heteroatoms. The Morgan fingerprint density at radius 2 is 1.39 bits per heavy atom. The van der Waals surface area contributed by atoms with Crippen molar-refractivity contribution >= 4 is 34.9 Å². The van der Waals surface area contributed by atoms with Crippen LogP contribution in [0, 0.1) is 6.92 Å². The SMILES string of the molecule is CCc1ccc(NC(=O)Nc2ccc(Nc3nc(C)cc(N(CC)CC)n3)cc2)cc1. The second-order valence-corrected chi connectivity index (χ2v) is 7.20. The molecular weight excluding hydrogens is 388 g/mol. The number of hydrogen-bond acceptors (Lipinski definition) is 5. The van der Waals surface area contributed by atoms with Crippen molar-refractivity contribution in [3.63, 3.8) is 0 Å². The van der Waals surface area contributed by atoms with Crippen molar-refractivity contribution in [2.75, 3.05) is 33.9 Å². The standard InChI is InChI=1S/C24H30N6O/c1-5-18-8-10-20(11-9-18)27-24(31)28-21-14-12-19(13-15-21)26-23-25-17(4)16-22(29-23)30(6-2)7-3/h8-16H,5-7H2,1-4H3,(H,25,26,29)(H2,27,28,31). The molecule has 0 fully saturated rings. The highest BCUT2D eigenvalue weighted by Crippen LogP contribution is 2.20. The molecule has 0 aliphatic heterocycles. The number of amides is 2. The van der Waals surface area contributed by atoms with Crippen molar-refractivity contribution in [1.29, 1.82) is 0 Å². The van der Waals surface area contributed by atoms with E-state index in [1.807, 2.05) is 61.5 Å². The van der Waals surface area contributed by atoms with Gasteiger partial charge in [-0.25, -0.2) is 9.78 Å². The molecule has 3 aromatic rings. The summed E-state index contributed by atoms with van der Waals surface area (Å²) < 4.78 is 0. The van der Waals surface area contributed by atoms with Gasteiger partial charge in [-0.05, 0) is 69.2 Å². The quantitative estimate of drug-likeness (QED) is 0.445. The van der Waals surface area contributed by atoms with Crippen molar-refractivity contribution in [2.24, 2.45) is 0 Å². The van der Waals surface area contributed by atoms with E-state index in [0.717, 1.165) is 42.4 Å². The molecule has 0 aliphatic rings. The Labute approximate surface area is 183 Å². The minimum absolute atomic E-state index is 0.282. The summed E-state index contributed by atoms with van der Waals surface area (Å²) >= 11 is 0. The van der Waals surface area contributed by atoms with Crippen LogP contribution in [0.5, 0.6) is 0 Å². The summed E-state index contributed by atoms with van der Waals surface area (Å²) in [5.74, 6) is 1.46. The maximum atomic E-state index is 12.2. The Morgan fingerprint density at radius 3 is 1.94 bits per heavy atom. The van der Waals surface area contributed by atoms with Crippen LogP contribution in [0.1, 0.15) is 32.0 Å². The molecule has 0 radical (unpaired) electrons. The third-order valence-corrected chi connectivity index (χ3v) is 4.95. The van der Waals surface area contributed by atoms with Crippen LogP contribution in [0.4, 0.5) is 33.6 Å². The van der Waals surface area contributed by atoms with Crippen LogP contribution < -0.4 is 20.9 Å². The monoisotopic (exact) mass is 418 g/mol. The zero-order chi connectivity index (χ0) is 22.2. The maximum Gasteiger partial charge on any atom is 0.323 e. The van der Waals surface area contributed by atoms with Crippen LogP contribution in [0.25, 0.3) is 0 Å². The van der Waals surface area contributed by atoms with Crippen LogP contribution in [0.2, 0.25) is 0 Å². The third-order valence-electron chi connectivity index (χ3n) is 4.95. The number of carbonyl (C=O) groups excluding carboxylic acids is 1. The number of nitrogens with zero attached hydrogens (tertiary/aromatic N) is 3. The van der Waals surface area contributed by atoms with Gasteiger partial charge in [0.05, 0.1) is 0 Å². The van der Waals surface area contributed by atoms with Crippen LogP contribution >= 0.6 is 0 Å². The first-order chi connectivity index (χ1) is 15.0. The number of nitrogens with one attached hydrogen (secondary N) is 3. The number of benzene rings is 2. The lowest BCUT2D eigenvalue weighted by atomic mass is 10.1. The molecule has 3 rings (SSSR count). The molecule has 0 atom stereocenters. The topological polar surface area (TPSA) is 82.2 Å². The van der Waals surface area contributed by atoms with Gasteiger partial charge in [-0.15, -0.1) is 0 Å².